The molecular weight excluding hydrogens is 293 g/mol. The molecule has 0 spiro atoms. The van der Waals surface area contributed by atoms with Crippen LogP contribution >= 0.6 is 11.6 Å². The molecule has 2 N–H and O–H groups in total. The minimum atomic E-state index is -0.487. The molecule has 3 rings (SSSR count). The van der Waals surface area contributed by atoms with Gasteiger partial charge in [-0.2, -0.15) is 0 Å². The second kappa shape index (κ2) is 5.18. The van der Waals surface area contributed by atoms with Crippen LogP contribution in [-0.2, 0) is 0 Å². The Morgan fingerprint density at radius 3 is 2.76 bits per heavy atom. The molecule has 0 amide bonds. The van der Waals surface area contributed by atoms with Crippen molar-refractivity contribution in [1.82, 2.24) is 10.1 Å². The summed E-state index contributed by atoms with van der Waals surface area (Å²) in [6, 6.07) is 6.29. The second-order valence-corrected chi connectivity index (χ2v) is 5.03. The quantitative estimate of drug-likeness (QED) is 0.774. The van der Waals surface area contributed by atoms with Crippen LogP contribution in [0.1, 0.15) is 5.56 Å². The number of nitrogen functional groups attached to an aromatic ring is 1. The maximum absolute atomic E-state index is 14.1. The molecule has 0 fully saturated rings. The predicted octanol–water partition coefficient (Wildman–Crippen LogP) is 4.09. The third kappa shape index (κ3) is 2.36. The van der Waals surface area contributed by atoms with E-state index < -0.39 is 5.82 Å². The van der Waals surface area contributed by atoms with Gasteiger partial charge in [0.15, 0.2) is 0 Å². The van der Waals surface area contributed by atoms with Gasteiger partial charge >= 0.3 is 0 Å². The molecule has 4 nitrogen and oxygen atoms in total. The largest absolute Gasteiger partial charge is 0.367 e. The lowest BCUT2D eigenvalue weighted by Gasteiger charge is -2.06. The Morgan fingerprint density at radius 2 is 2.05 bits per heavy atom. The van der Waals surface area contributed by atoms with Gasteiger partial charge in [0.1, 0.15) is 11.5 Å². The third-order valence-electron chi connectivity index (χ3n) is 3.08. The van der Waals surface area contributed by atoms with Crippen LogP contribution in [0, 0.1) is 12.7 Å². The van der Waals surface area contributed by atoms with E-state index in [9.17, 15) is 4.39 Å². The van der Waals surface area contributed by atoms with E-state index in [0.717, 1.165) is 5.56 Å². The number of benzene rings is 1. The number of aromatic nitrogens is 2. The van der Waals surface area contributed by atoms with Crippen molar-refractivity contribution in [3.05, 3.63) is 53.1 Å². The summed E-state index contributed by atoms with van der Waals surface area (Å²) >= 11 is 6.10. The molecule has 0 saturated carbocycles. The number of pyridine rings is 1. The fourth-order valence-electron chi connectivity index (χ4n) is 2.16. The van der Waals surface area contributed by atoms with Gasteiger partial charge in [0.05, 0.1) is 10.6 Å². The second-order valence-electron chi connectivity index (χ2n) is 4.62. The van der Waals surface area contributed by atoms with Crippen molar-refractivity contribution in [1.29, 1.82) is 0 Å². The average Bonchev–Trinajstić information content (AvgIpc) is 2.81. The van der Waals surface area contributed by atoms with Crippen LogP contribution in [0.15, 0.2) is 41.2 Å². The van der Waals surface area contributed by atoms with Gasteiger partial charge < -0.3 is 10.3 Å². The van der Waals surface area contributed by atoms with Crippen LogP contribution in [0.3, 0.4) is 0 Å². The summed E-state index contributed by atoms with van der Waals surface area (Å²) in [4.78, 5) is 4.10. The zero-order valence-corrected chi connectivity index (χ0v) is 11.9. The summed E-state index contributed by atoms with van der Waals surface area (Å²) in [5, 5.41) is 4.16. The van der Waals surface area contributed by atoms with Gasteiger partial charge in [-0.15, -0.1) is 0 Å². The minimum absolute atomic E-state index is 0.0125. The molecular formula is C15H11ClFN3O. The SMILES string of the molecule is Cc1cncc(-c2noc(N)c2-c2c(F)cccc2Cl)c1. The number of hydrogen-bond donors (Lipinski definition) is 1. The maximum atomic E-state index is 14.1. The van der Waals surface area contributed by atoms with Gasteiger partial charge in [0.2, 0.25) is 5.88 Å². The van der Waals surface area contributed by atoms with Crippen LogP contribution in [-0.4, -0.2) is 10.1 Å². The molecule has 3 aromatic rings. The molecule has 0 radical (unpaired) electrons. The first-order chi connectivity index (χ1) is 10.1. The summed E-state index contributed by atoms with van der Waals surface area (Å²) in [5.74, 6) is -0.474. The van der Waals surface area contributed by atoms with Crippen LogP contribution in [0.5, 0.6) is 0 Å². The fraction of sp³-hybridized carbons (Fsp3) is 0.0667. The molecule has 106 valence electrons. The number of rotatable bonds is 2. The first-order valence-corrected chi connectivity index (χ1v) is 6.57. The Bertz CT molecular complexity index is 796. The van der Waals surface area contributed by atoms with Crippen molar-refractivity contribution in [2.75, 3.05) is 5.73 Å². The molecule has 6 heteroatoms. The molecule has 1 aromatic carbocycles. The Kier molecular flexibility index (Phi) is 3.35. The van der Waals surface area contributed by atoms with Crippen molar-refractivity contribution >= 4 is 17.5 Å². The lowest BCUT2D eigenvalue weighted by Crippen LogP contribution is -1.92. The predicted molar refractivity (Wildman–Crippen MR) is 79.3 cm³/mol. The van der Waals surface area contributed by atoms with Crippen LogP contribution in [0.2, 0.25) is 5.02 Å². The summed E-state index contributed by atoms with van der Waals surface area (Å²) in [7, 11) is 0. The van der Waals surface area contributed by atoms with Crippen molar-refractivity contribution in [3.63, 3.8) is 0 Å². The van der Waals surface area contributed by atoms with E-state index in [1.165, 1.54) is 12.1 Å². The van der Waals surface area contributed by atoms with E-state index in [4.69, 9.17) is 21.9 Å². The number of anilines is 1. The third-order valence-corrected chi connectivity index (χ3v) is 3.39. The Morgan fingerprint density at radius 1 is 1.24 bits per heavy atom. The van der Waals surface area contributed by atoms with E-state index >= 15 is 0 Å². The highest BCUT2D eigenvalue weighted by atomic mass is 35.5. The Hall–Kier alpha value is -2.40. The normalized spacial score (nSPS) is 10.8. The highest BCUT2D eigenvalue weighted by molar-refractivity contribution is 6.33. The molecule has 0 aliphatic carbocycles. The number of hydrogen-bond acceptors (Lipinski definition) is 4. The van der Waals surface area contributed by atoms with Gasteiger partial charge in [-0.3, -0.25) is 4.98 Å². The first-order valence-electron chi connectivity index (χ1n) is 6.19. The summed E-state index contributed by atoms with van der Waals surface area (Å²) in [6.07, 6.45) is 3.32. The Balaban J connectivity index is 2.28. The number of aryl methyl sites for hydroxylation is 1. The Labute approximate surface area is 125 Å². The summed E-state index contributed by atoms with van der Waals surface area (Å²) < 4.78 is 19.2. The van der Waals surface area contributed by atoms with Gasteiger partial charge in [-0.25, -0.2) is 4.39 Å². The highest BCUT2D eigenvalue weighted by Crippen LogP contribution is 2.40. The molecule has 2 aromatic heterocycles. The topological polar surface area (TPSA) is 64.9 Å². The maximum Gasteiger partial charge on any atom is 0.230 e. The van der Waals surface area contributed by atoms with Crippen molar-refractivity contribution in [2.24, 2.45) is 0 Å². The molecule has 0 aliphatic heterocycles. The zero-order valence-electron chi connectivity index (χ0n) is 11.1. The first kappa shape index (κ1) is 13.6. The van der Waals surface area contributed by atoms with Crippen LogP contribution in [0.4, 0.5) is 10.3 Å². The summed E-state index contributed by atoms with van der Waals surface area (Å²) in [5.41, 5.74) is 8.37. The highest BCUT2D eigenvalue weighted by Gasteiger charge is 2.22. The van der Waals surface area contributed by atoms with Gasteiger partial charge in [0, 0.05) is 23.5 Å². The molecule has 0 unspecified atom stereocenters. The van der Waals surface area contributed by atoms with E-state index in [2.05, 4.69) is 10.1 Å². The number of nitrogens with zero attached hydrogens (tertiary/aromatic N) is 2. The fourth-order valence-corrected chi connectivity index (χ4v) is 2.42. The van der Waals surface area contributed by atoms with Crippen molar-refractivity contribution in [2.45, 2.75) is 6.92 Å². The minimum Gasteiger partial charge on any atom is -0.367 e. The molecule has 21 heavy (non-hydrogen) atoms. The van der Waals surface area contributed by atoms with Crippen LogP contribution < -0.4 is 5.73 Å². The number of halogens is 2. The molecule has 2 heterocycles. The van der Waals surface area contributed by atoms with Crippen molar-refractivity contribution in [3.8, 4) is 22.4 Å². The molecule has 0 saturated heterocycles. The monoisotopic (exact) mass is 303 g/mol. The van der Waals surface area contributed by atoms with E-state index in [1.54, 1.807) is 18.5 Å². The van der Waals surface area contributed by atoms with Crippen LogP contribution in [0.25, 0.3) is 22.4 Å². The average molecular weight is 304 g/mol. The van der Waals surface area contributed by atoms with Gasteiger partial charge in [-0.05, 0) is 30.7 Å². The lowest BCUT2D eigenvalue weighted by molar-refractivity contribution is 0.439. The zero-order chi connectivity index (χ0) is 15.0. The van der Waals surface area contributed by atoms with E-state index in [0.29, 0.717) is 16.8 Å². The van der Waals surface area contributed by atoms with E-state index in [-0.39, 0.29) is 16.5 Å². The smallest absolute Gasteiger partial charge is 0.230 e. The van der Waals surface area contributed by atoms with Gasteiger partial charge in [0.25, 0.3) is 0 Å². The van der Waals surface area contributed by atoms with Crippen molar-refractivity contribution < 1.29 is 8.91 Å². The summed E-state index contributed by atoms with van der Waals surface area (Å²) in [6.45, 7) is 1.90. The lowest BCUT2D eigenvalue weighted by atomic mass is 10.0. The van der Waals surface area contributed by atoms with Gasteiger partial charge in [-0.1, -0.05) is 22.8 Å². The molecule has 0 aliphatic rings. The number of nitrogens with two attached hydrogens (primary N) is 1. The van der Waals surface area contributed by atoms with E-state index in [1.807, 2.05) is 13.0 Å². The standard InChI is InChI=1S/C15H11ClFN3O/c1-8-5-9(7-19-6-8)14-13(15(18)21-20-14)12-10(16)3-2-4-11(12)17/h2-7H,18H2,1H3. The molecule has 0 atom stereocenters. The molecule has 0 bridgehead atoms.